The van der Waals surface area contributed by atoms with Crippen molar-refractivity contribution in [2.75, 3.05) is 46.4 Å². The van der Waals surface area contributed by atoms with Gasteiger partial charge in [0.2, 0.25) is 0 Å². The number of benzene rings is 2. The Hall–Kier alpha value is -3.20. The number of nitrogens with one attached hydrogen (secondary N) is 1. The average molecular weight is 504 g/mol. The molecule has 8 heteroatoms. The van der Waals surface area contributed by atoms with Crippen molar-refractivity contribution in [3.8, 4) is 17.0 Å². The number of aryl methyl sites for hydroxylation is 1. The van der Waals surface area contributed by atoms with E-state index >= 15 is 0 Å². The molecule has 1 saturated heterocycles. The first kappa shape index (κ1) is 24.5. The molecule has 0 atom stereocenters. The summed E-state index contributed by atoms with van der Waals surface area (Å²) < 4.78 is 7.21. The highest BCUT2D eigenvalue weighted by molar-refractivity contribution is 7.20. The van der Waals surface area contributed by atoms with Crippen LogP contribution in [0.25, 0.3) is 21.5 Å². The third-order valence-corrected chi connectivity index (χ3v) is 7.93. The Morgan fingerprint density at radius 1 is 1.03 bits per heavy atom. The number of nitrogens with zero attached hydrogens (tertiary/aromatic N) is 4. The highest BCUT2D eigenvalue weighted by Gasteiger charge is 2.19. The van der Waals surface area contributed by atoms with Gasteiger partial charge in [-0.1, -0.05) is 42.5 Å². The number of piperazine rings is 1. The number of rotatable bonds is 9. The average Bonchev–Trinajstić information content (AvgIpc) is 3.49. The molecule has 1 aliphatic heterocycles. The van der Waals surface area contributed by atoms with Crippen molar-refractivity contribution in [2.45, 2.75) is 13.0 Å². The molecule has 1 fully saturated rings. The number of amides is 1. The van der Waals surface area contributed by atoms with Gasteiger partial charge in [-0.2, -0.15) is 5.10 Å². The van der Waals surface area contributed by atoms with Crippen molar-refractivity contribution < 1.29 is 9.53 Å². The molecule has 0 saturated carbocycles. The lowest BCUT2D eigenvalue weighted by Crippen LogP contribution is -2.46. The van der Waals surface area contributed by atoms with Gasteiger partial charge in [0.1, 0.15) is 16.3 Å². The standard InChI is InChI=1S/C28H33N5O2S/c1-31-28-24(26(30-31)22-10-6-11-23(18-22)35-2)19-25(36-28)27(34)29-12-7-13-32-14-16-33(17-15-32)20-21-8-4-3-5-9-21/h3-6,8-11,18-19H,7,12-17,20H2,1-2H3,(H,29,34). The lowest BCUT2D eigenvalue weighted by atomic mass is 10.1. The summed E-state index contributed by atoms with van der Waals surface area (Å²) in [4.78, 5) is 19.6. The van der Waals surface area contributed by atoms with Crippen molar-refractivity contribution >= 4 is 27.5 Å². The van der Waals surface area contributed by atoms with E-state index in [-0.39, 0.29) is 5.91 Å². The molecule has 1 N–H and O–H groups in total. The van der Waals surface area contributed by atoms with Gasteiger partial charge in [-0.15, -0.1) is 11.3 Å². The molecule has 188 valence electrons. The van der Waals surface area contributed by atoms with Crippen molar-refractivity contribution in [1.29, 1.82) is 0 Å². The number of fused-ring (bicyclic) bond motifs is 1. The number of carbonyl (C=O) groups excluding carboxylic acids is 1. The maximum absolute atomic E-state index is 12.9. The SMILES string of the molecule is COc1cccc(-c2nn(C)c3sc(C(=O)NCCCN4CCN(Cc5ccccc5)CC4)cc23)c1. The molecule has 3 heterocycles. The Bertz CT molecular complexity index is 1310. The molecule has 0 spiro atoms. The first-order chi connectivity index (χ1) is 17.6. The zero-order valence-electron chi connectivity index (χ0n) is 20.9. The fraction of sp³-hybridized carbons (Fsp3) is 0.357. The smallest absolute Gasteiger partial charge is 0.261 e. The van der Waals surface area contributed by atoms with Gasteiger partial charge in [0, 0.05) is 57.3 Å². The quantitative estimate of drug-likeness (QED) is 0.346. The molecule has 0 radical (unpaired) electrons. The third kappa shape index (κ3) is 5.61. The van der Waals surface area contributed by atoms with Gasteiger partial charge in [-0.05, 0) is 36.7 Å². The van der Waals surface area contributed by atoms with Crippen molar-refractivity contribution in [1.82, 2.24) is 24.9 Å². The van der Waals surface area contributed by atoms with Crippen LogP contribution in [0.3, 0.4) is 0 Å². The molecule has 2 aromatic heterocycles. The summed E-state index contributed by atoms with van der Waals surface area (Å²) in [7, 11) is 3.58. The van der Waals surface area contributed by atoms with Crippen LogP contribution >= 0.6 is 11.3 Å². The zero-order valence-corrected chi connectivity index (χ0v) is 21.8. The van der Waals surface area contributed by atoms with Crippen molar-refractivity contribution in [3.63, 3.8) is 0 Å². The van der Waals surface area contributed by atoms with Gasteiger partial charge in [-0.25, -0.2) is 0 Å². The minimum absolute atomic E-state index is 0.0135. The maximum atomic E-state index is 12.9. The van der Waals surface area contributed by atoms with E-state index in [2.05, 4.69) is 50.5 Å². The predicted molar refractivity (Wildman–Crippen MR) is 146 cm³/mol. The lowest BCUT2D eigenvalue weighted by molar-refractivity contribution is 0.0951. The molecule has 4 aromatic rings. The second-order valence-electron chi connectivity index (χ2n) is 9.25. The van der Waals surface area contributed by atoms with Gasteiger partial charge in [0.15, 0.2) is 0 Å². The van der Waals surface area contributed by atoms with E-state index in [0.29, 0.717) is 6.54 Å². The lowest BCUT2D eigenvalue weighted by Gasteiger charge is -2.34. The fourth-order valence-corrected chi connectivity index (χ4v) is 5.73. The number of aromatic nitrogens is 2. The number of methoxy groups -OCH3 is 1. The van der Waals surface area contributed by atoms with Crippen LogP contribution in [-0.4, -0.2) is 71.9 Å². The Labute approximate surface area is 216 Å². The Morgan fingerprint density at radius 2 is 1.81 bits per heavy atom. The minimum Gasteiger partial charge on any atom is -0.497 e. The Balaban J connectivity index is 1.10. The zero-order chi connectivity index (χ0) is 24.9. The molecule has 0 aliphatic carbocycles. The van der Waals surface area contributed by atoms with Crippen LogP contribution < -0.4 is 10.1 Å². The van der Waals surface area contributed by atoms with E-state index in [1.807, 2.05) is 42.1 Å². The summed E-state index contributed by atoms with van der Waals surface area (Å²) in [5, 5.41) is 8.79. The van der Waals surface area contributed by atoms with E-state index in [0.717, 1.165) is 77.8 Å². The summed E-state index contributed by atoms with van der Waals surface area (Å²) in [6, 6.07) is 20.5. The summed E-state index contributed by atoms with van der Waals surface area (Å²) in [6.45, 7) is 7.05. The van der Waals surface area contributed by atoms with Crippen molar-refractivity contribution in [3.05, 3.63) is 71.1 Å². The first-order valence-corrected chi connectivity index (χ1v) is 13.3. The number of hydrogen-bond donors (Lipinski definition) is 1. The Kier molecular flexibility index (Phi) is 7.65. The summed E-state index contributed by atoms with van der Waals surface area (Å²) >= 11 is 1.49. The monoisotopic (exact) mass is 503 g/mol. The largest absolute Gasteiger partial charge is 0.497 e. The molecule has 1 amide bonds. The van der Waals surface area contributed by atoms with E-state index in [1.165, 1.54) is 16.9 Å². The van der Waals surface area contributed by atoms with E-state index in [4.69, 9.17) is 4.74 Å². The number of ether oxygens (including phenoxy) is 1. The number of hydrogen-bond acceptors (Lipinski definition) is 6. The van der Waals surface area contributed by atoms with E-state index in [9.17, 15) is 4.79 Å². The predicted octanol–water partition coefficient (Wildman–Crippen LogP) is 4.25. The van der Waals surface area contributed by atoms with Gasteiger partial charge in [0.25, 0.3) is 5.91 Å². The van der Waals surface area contributed by atoms with Gasteiger partial charge in [0.05, 0.1) is 12.0 Å². The second kappa shape index (κ2) is 11.2. The molecule has 7 nitrogen and oxygen atoms in total. The summed E-state index contributed by atoms with van der Waals surface area (Å²) in [5.41, 5.74) is 3.22. The maximum Gasteiger partial charge on any atom is 0.261 e. The van der Waals surface area contributed by atoms with Crippen LogP contribution in [0.2, 0.25) is 0 Å². The topological polar surface area (TPSA) is 62.6 Å². The highest BCUT2D eigenvalue weighted by atomic mass is 32.1. The number of carbonyl (C=O) groups is 1. The van der Waals surface area contributed by atoms with Crippen LogP contribution in [-0.2, 0) is 13.6 Å². The Morgan fingerprint density at radius 3 is 2.58 bits per heavy atom. The first-order valence-electron chi connectivity index (χ1n) is 12.5. The van der Waals surface area contributed by atoms with Crippen LogP contribution in [0.15, 0.2) is 60.7 Å². The normalized spacial score (nSPS) is 14.8. The number of thiophene rings is 1. The molecule has 1 aliphatic rings. The van der Waals surface area contributed by atoms with Crippen LogP contribution in [0, 0.1) is 0 Å². The second-order valence-corrected chi connectivity index (χ2v) is 10.3. The molecular weight excluding hydrogens is 470 g/mol. The summed E-state index contributed by atoms with van der Waals surface area (Å²) in [5.74, 6) is 0.776. The molecular formula is C28H33N5O2S. The van der Waals surface area contributed by atoms with Crippen LogP contribution in [0.5, 0.6) is 5.75 Å². The molecule has 2 aromatic carbocycles. The van der Waals surface area contributed by atoms with Crippen molar-refractivity contribution in [2.24, 2.45) is 7.05 Å². The third-order valence-electron chi connectivity index (χ3n) is 6.73. The molecule has 36 heavy (non-hydrogen) atoms. The highest BCUT2D eigenvalue weighted by Crippen LogP contribution is 2.34. The fourth-order valence-electron chi connectivity index (χ4n) is 4.74. The van der Waals surface area contributed by atoms with E-state index < -0.39 is 0 Å². The van der Waals surface area contributed by atoms with Gasteiger partial charge in [-0.3, -0.25) is 14.4 Å². The van der Waals surface area contributed by atoms with Gasteiger partial charge >= 0.3 is 0 Å². The molecule has 0 bridgehead atoms. The molecule has 5 rings (SSSR count). The molecule has 0 unspecified atom stereocenters. The van der Waals surface area contributed by atoms with Crippen LogP contribution in [0.4, 0.5) is 0 Å². The minimum atomic E-state index is -0.0135. The van der Waals surface area contributed by atoms with Crippen LogP contribution in [0.1, 0.15) is 21.7 Å². The van der Waals surface area contributed by atoms with E-state index in [1.54, 1.807) is 7.11 Å². The summed E-state index contributed by atoms with van der Waals surface area (Å²) in [6.07, 6.45) is 0.950. The van der Waals surface area contributed by atoms with Gasteiger partial charge < -0.3 is 15.0 Å².